The van der Waals surface area contributed by atoms with Gasteiger partial charge in [0.2, 0.25) is 5.95 Å². The molecule has 3 nitrogen and oxygen atoms in total. The van der Waals surface area contributed by atoms with Crippen molar-refractivity contribution in [3.8, 4) is 50.6 Å². The van der Waals surface area contributed by atoms with E-state index in [9.17, 15) is 0 Å². The molecule has 0 aliphatic rings. The van der Waals surface area contributed by atoms with Crippen molar-refractivity contribution in [2.24, 2.45) is 0 Å². The van der Waals surface area contributed by atoms with Crippen molar-refractivity contribution >= 4 is 75.0 Å². The van der Waals surface area contributed by atoms with Gasteiger partial charge in [0.25, 0.3) is 0 Å². The second-order valence-corrected chi connectivity index (χ2v) is 16.1. The molecule has 0 amide bonds. The zero-order valence-corrected chi connectivity index (χ0v) is 32.1. The van der Waals surface area contributed by atoms with E-state index in [1.807, 2.05) is 17.4 Å². The molecular formula is C54H33N3S. The van der Waals surface area contributed by atoms with Gasteiger partial charge in [-0.3, -0.25) is 4.57 Å². The van der Waals surface area contributed by atoms with Crippen LogP contribution in [0.2, 0.25) is 0 Å². The largest absolute Gasteiger partial charge is 0.277 e. The fourth-order valence-corrected chi connectivity index (χ4v) is 9.97. The maximum atomic E-state index is 5.42. The van der Waals surface area contributed by atoms with Gasteiger partial charge in [-0.1, -0.05) is 158 Å². The molecule has 3 heterocycles. The van der Waals surface area contributed by atoms with E-state index in [2.05, 4.69) is 199 Å². The summed E-state index contributed by atoms with van der Waals surface area (Å²) < 4.78 is 4.93. The zero-order chi connectivity index (χ0) is 38.2. The summed E-state index contributed by atoms with van der Waals surface area (Å²) in [5.41, 5.74) is 12.1. The van der Waals surface area contributed by atoms with Gasteiger partial charge in [-0.05, 0) is 81.1 Å². The van der Waals surface area contributed by atoms with Gasteiger partial charge in [0, 0.05) is 47.5 Å². The Bertz CT molecular complexity index is 3580. The molecule has 0 N–H and O–H groups in total. The third kappa shape index (κ3) is 5.27. The summed E-state index contributed by atoms with van der Waals surface area (Å²) in [6.07, 6.45) is 0. The third-order valence-corrected chi connectivity index (χ3v) is 12.7. The van der Waals surface area contributed by atoms with Gasteiger partial charge in [-0.2, -0.15) is 0 Å². The van der Waals surface area contributed by atoms with Crippen LogP contribution < -0.4 is 0 Å². The second-order valence-electron chi connectivity index (χ2n) is 15.0. The van der Waals surface area contributed by atoms with Crippen molar-refractivity contribution in [3.05, 3.63) is 200 Å². The number of rotatable bonds is 5. The average molecular weight is 756 g/mol. The Kier molecular flexibility index (Phi) is 7.40. The van der Waals surface area contributed by atoms with Crippen molar-refractivity contribution in [3.63, 3.8) is 0 Å². The highest BCUT2D eigenvalue weighted by Crippen LogP contribution is 2.42. The normalized spacial score (nSPS) is 11.8. The lowest BCUT2D eigenvalue weighted by atomic mass is 9.95. The molecule has 0 radical (unpaired) electrons. The first-order chi connectivity index (χ1) is 28.7. The molecule has 0 aliphatic heterocycles. The Morgan fingerprint density at radius 2 is 0.966 bits per heavy atom. The van der Waals surface area contributed by atoms with Crippen LogP contribution in [0.1, 0.15) is 0 Å². The predicted molar refractivity (Wildman–Crippen MR) is 246 cm³/mol. The van der Waals surface area contributed by atoms with Crippen LogP contribution in [0.5, 0.6) is 0 Å². The molecule has 0 bridgehead atoms. The number of thiophene rings is 1. The van der Waals surface area contributed by atoms with Crippen molar-refractivity contribution in [2.45, 2.75) is 0 Å². The van der Waals surface area contributed by atoms with Crippen LogP contribution in [-0.4, -0.2) is 14.5 Å². The maximum absolute atomic E-state index is 5.42. The molecule has 270 valence electrons. The Morgan fingerprint density at radius 1 is 0.362 bits per heavy atom. The van der Waals surface area contributed by atoms with Crippen LogP contribution in [0.3, 0.4) is 0 Å². The molecule has 0 fully saturated rings. The first kappa shape index (κ1) is 32.8. The molecule has 0 atom stereocenters. The number of fused-ring (bicyclic) bond motifs is 8. The molecule has 58 heavy (non-hydrogen) atoms. The van der Waals surface area contributed by atoms with Gasteiger partial charge in [0.15, 0.2) is 0 Å². The fraction of sp³-hybridized carbons (Fsp3) is 0. The summed E-state index contributed by atoms with van der Waals surface area (Å²) in [5.74, 6) is 0.653. The van der Waals surface area contributed by atoms with Crippen LogP contribution >= 0.6 is 11.3 Å². The Balaban J connectivity index is 1.05. The minimum atomic E-state index is 0.653. The van der Waals surface area contributed by atoms with E-state index >= 15 is 0 Å². The number of benzene rings is 9. The lowest BCUT2D eigenvalue weighted by molar-refractivity contribution is 1.01. The van der Waals surface area contributed by atoms with Gasteiger partial charge in [0.1, 0.15) is 0 Å². The SMILES string of the molecule is c1ccc(-c2nc(-n3c4cc5ccccc5cc4c4cccc(-c5cccc(-c6cccc(-c7ccc8c(c7)sc7ccccc78)c6)c5)c43)nc3ccccc23)cc1. The summed E-state index contributed by atoms with van der Waals surface area (Å²) in [6.45, 7) is 0. The summed E-state index contributed by atoms with van der Waals surface area (Å²) >= 11 is 1.86. The highest BCUT2D eigenvalue weighted by atomic mass is 32.1. The van der Waals surface area contributed by atoms with Crippen LogP contribution in [0.4, 0.5) is 0 Å². The predicted octanol–water partition coefficient (Wildman–Crippen LogP) is 14.9. The van der Waals surface area contributed by atoms with E-state index in [1.54, 1.807) is 0 Å². The van der Waals surface area contributed by atoms with Gasteiger partial charge in [-0.15, -0.1) is 11.3 Å². The van der Waals surface area contributed by atoms with Crippen LogP contribution in [0.15, 0.2) is 200 Å². The second kappa shape index (κ2) is 13.1. The van der Waals surface area contributed by atoms with Crippen LogP contribution in [0, 0.1) is 0 Å². The lowest BCUT2D eigenvalue weighted by Gasteiger charge is -2.14. The number of hydrogen-bond donors (Lipinski definition) is 0. The summed E-state index contributed by atoms with van der Waals surface area (Å²) in [4.78, 5) is 10.7. The molecule has 9 aromatic carbocycles. The standard InChI is InChI=1S/C54H33N3S/c1-2-13-34(14-3-1)52-46-22-6-8-25-48(46)55-54(56-52)57-49-32-39-16-5-4-15-38(39)31-47(49)45-24-12-23-42(53(45)57)41-20-11-19-37(30-41)35-17-10-18-36(29-35)40-27-28-44-43-21-7-9-26-50(43)58-51(44)33-40/h1-33H. The van der Waals surface area contributed by atoms with Gasteiger partial charge < -0.3 is 0 Å². The Morgan fingerprint density at radius 3 is 1.79 bits per heavy atom. The topological polar surface area (TPSA) is 30.7 Å². The smallest absolute Gasteiger partial charge is 0.235 e. The van der Waals surface area contributed by atoms with E-state index in [4.69, 9.17) is 9.97 Å². The van der Waals surface area contributed by atoms with Gasteiger partial charge in [-0.25, -0.2) is 9.97 Å². The number of aromatic nitrogens is 3. The zero-order valence-electron chi connectivity index (χ0n) is 31.3. The van der Waals surface area contributed by atoms with Crippen molar-refractivity contribution < 1.29 is 0 Å². The molecule has 0 saturated heterocycles. The average Bonchev–Trinajstić information content (AvgIpc) is 3.83. The van der Waals surface area contributed by atoms with Gasteiger partial charge >= 0.3 is 0 Å². The molecule has 3 aromatic heterocycles. The van der Waals surface area contributed by atoms with E-state index in [1.165, 1.54) is 64.0 Å². The third-order valence-electron chi connectivity index (χ3n) is 11.6. The number of hydrogen-bond acceptors (Lipinski definition) is 3. The Labute approximate surface area is 338 Å². The molecule has 12 rings (SSSR count). The molecule has 0 saturated carbocycles. The minimum absolute atomic E-state index is 0.653. The highest BCUT2D eigenvalue weighted by Gasteiger charge is 2.21. The highest BCUT2D eigenvalue weighted by molar-refractivity contribution is 7.25. The Hall–Kier alpha value is -7.40. The summed E-state index contributed by atoms with van der Waals surface area (Å²) in [5, 5.41) is 8.40. The molecular weight excluding hydrogens is 723 g/mol. The monoisotopic (exact) mass is 755 g/mol. The first-order valence-corrected chi connectivity index (χ1v) is 20.5. The van der Waals surface area contributed by atoms with Crippen LogP contribution in [-0.2, 0) is 0 Å². The lowest BCUT2D eigenvalue weighted by Crippen LogP contribution is -2.04. The minimum Gasteiger partial charge on any atom is -0.277 e. The molecule has 4 heteroatoms. The van der Waals surface area contributed by atoms with Crippen molar-refractivity contribution in [2.75, 3.05) is 0 Å². The summed E-state index contributed by atoms with van der Waals surface area (Å²) in [7, 11) is 0. The van der Waals surface area contributed by atoms with Gasteiger partial charge in [0.05, 0.1) is 22.2 Å². The number of nitrogens with zero attached hydrogens (tertiary/aromatic N) is 3. The van der Waals surface area contributed by atoms with E-state index in [-0.39, 0.29) is 0 Å². The number of para-hydroxylation sites is 2. The van der Waals surface area contributed by atoms with Crippen molar-refractivity contribution in [1.82, 2.24) is 14.5 Å². The molecule has 0 aliphatic carbocycles. The quantitative estimate of drug-likeness (QED) is 0.175. The molecule has 0 unspecified atom stereocenters. The molecule has 12 aromatic rings. The maximum Gasteiger partial charge on any atom is 0.235 e. The van der Waals surface area contributed by atoms with E-state index < -0.39 is 0 Å². The molecule has 0 spiro atoms. The van der Waals surface area contributed by atoms with Crippen LogP contribution in [0.25, 0.3) is 114 Å². The van der Waals surface area contributed by atoms with E-state index in [0.29, 0.717) is 5.95 Å². The first-order valence-electron chi connectivity index (χ1n) is 19.6. The summed E-state index contributed by atoms with van der Waals surface area (Å²) in [6, 6.07) is 72.2. The van der Waals surface area contributed by atoms with E-state index in [0.717, 1.165) is 44.3 Å². The fourth-order valence-electron chi connectivity index (χ4n) is 8.82. The van der Waals surface area contributed by atoms with Crippen molar-refractivity contribution in [1.29, 1.82) is 0 Å².